The summed E-state index contributed by atoms with van der Waals surface area (Å²) in [4.78, 5) is 27.6. The summed E-state index contributed by atoms with van der Waals surface area (Å²) < 4.78 is 0. The molecule has 4 N–H and O–H groups in total. The Bertz CT molecular complexity index is 798. The number of aliphatic hydroxyl groups excluding tert-OH is 1. The fraction of sp³-hybridized carbons (Fsp3) is 0.524. The largest absolute Gasteiger partial charge is 0.511 e. The van der Waals surface area contributed by atoms with Crippen molar-refractivity contribution in [3.05, 3.63) is 35.6 Å². The molecule has 28 heavy (non-hydrogen) atoms. The molecule has 0 radical (unpaired) electrons. The lowest BCUT2D eigenvalue weighted by molar-refractivity contribution is -0.124. The first-order chi connectivity index (χ1) is 13.5. The van der Waals surface area contributed by atoms with Crippen LogP contribution in [0.5, 0.6) is 0 Å². The predicted molar refractivity (Wildman–Crippen MR) is 108 cm³/mol. The lowest BCUT2D eigenvalue weighted by Gasteiger charge is -2.44. The Morgan fingerprint density at radius 3 is 2.64 bits per heavy atom. The maximum atomic E-state index is 12.8. The molecular weight excluding hydrogens is 356 g/mol. The van der Waals surface area contributed by atoms with Crippen LogP contribution in [-0.2, 0) is 9.59 Å². The Morgan fingerprint density at radius 2 is 1.93 bits per heavy atom. The van der Waals surface area contributed by atoms with E-state index in [1.165, 1.54) is 19.3 Å². The third-order valence-electron chi connectivity index (χ3n) is 6.25. The van der Waals surface area contributed by atoms with Crippen LogP contribution in [0, 0.1) is 5.41 Å². The maximum Gasteiger partial charge on any atom is 0.264 e. The molecule has 2 atom stereocenters. The molecule has 7 heteroatoms. The molecule has 2 amide bonds. The monoisotopic (exact) mass is 384 g/mol. The van der Waals surface area contributed by atoms with Crippen LogP contribution in [0.2, 0.25) is 0 Å². The summed E-state index contributed by atoms with van der Waals surface area (Å²) in [5.74, 6) is -1.22. The number of carbonyl (C=O) groups excluding carboxylic acids is 2. The minimum absolute atomic E-state index is 0.129. The number of anilines is 2. The summed E-state index contributed by atoms with van der Waals surface area (Å²) in [6.45, 7) is 5.28. The maximum absolute atomic E-state index is 12.8. The molecule has 0 aliphatic carbocycles. The van der Waals surface area contributed by atoms with Crippen molar-refractivity contribution in [3.63, 3.8) is 0 Å². The molecular formula is C21H28N4O3. The number of benzene rings is 1. The molecule has 3 heterocycles. The second-order valence-electron chi connectivity index (χ2n) is 8.18. The molecule has 0 unspecified atom stereocenters. The van der Waals surface area contributed by atoms with Crippen molar-refractivity contribution in [2.45, 2.75) is 38.6 Å². The van der Waals surface area contributed by atoms with E-state index in [1.54, 1.807) is 0 Å². The number of rotatable bonds is 3. The Labute approximate surface area is 165 Å². The molecule has 0 bridgehead atoms. The lowest BCUT2D eigenvalue weighted by atomic mass is 9.72. The zero-order valence-corrected chi connectivity index (χ0v) is 16.3. The summed E-state index contributed by atoms with van der Waals surface area (Å²) in [5, 5.41) is 19.7. The minimum atomic E-state index is -0.670. The van der Waals surface area contributed by atoms with Crippen LogP contribution in [0.3, 0.4) is 0 Å². The molecule has 7 nitrogen and oxygen atoms in total. The van der Waals surface area contributed by atoms with Crippen LogP contribution in [-0.4, -0.2) is 49.1 Å². The molecule has 3 aliphatic rings. The second kappa shape index (κ2) is 7.47. The van der Waals surface area contributed by atoms with Gasteiger partial charge in [0.15, 0.2) is 0 Å². The van der Waals surface area contributed by atoms with Crippen molar-refractivity contribution >= 4 is 23.2 Å². The highest BCUT2D eigenvalue weighted by Crippen LogP contribution is 2.38. The summed E-state index contributed by atoms with van der Waals surface area (Å²) in [6, 6.07) is 7.48. The van der Waals surface area contributed by atoms with E-state index in [9.17, 15) is 14.7 Å². The van der Waals surface area contributed by atoms with Gasteiger partial charge >= 0.3 is 0 Å². The average Bonchev–Trinajstić information content (AvgIpc) is 2.70. The van der Waals surface area contributed by atoms with E-state index < -0.39 is 17.2 Å². The average molecular weight is 384 g/mol. The number of carbonyl (C=O) groups is 2. The molecule has 0 aromatic heterocycles. The van der Waals surface area contributed by atoms with E-state index in [2.05, 4.69) is 20.9 Å². The van der Waals surface area contributed by atoms with Crippen LogP contribution >= 0.6 is 0 Å². The number of hydrogen-bond donors (Lipinski definition) is 4. The molecule has 150 valence electrons. The molecule has 0 saturated carbocycles. The van der Waals surface area contributed by atoms with E-state index in [-0.39, 0.29) is 17.4 Å². The third-order valence-corrected chi connectivity index (χ3v) is 6.25. The van der Waals surface area contributed by atoms with Gasteiger partial charge in [-0.2, -0.15) is 0 Å². The third kappa shape index (κ3) is 3.35. The smallest absolute Gasteiger partial charge is 0.264 e. The van der Waals surface area contributed by atoms with Crippen LogP contribution in [0.25, 0.3) is 0 Å². The predicted octanol–water partition coefficient (Wildman–Crippen LogP) is 1.93. The number of amides is 2. The van der Waals surface area contributed by atoms with E-state index in [1.807, 2.05) is 31.2 Å². The number of piperidine rings is 2. The van der Waals surface area contributed by atoms with Gasteiger partial charge in [-0.25, -0.2) is 0 Å². The van der Waals surface area contributed by atoms with Gasteiger partial charge in [-0.3, -0.25) is 9.59 Å². The highest BCUT2D eigenvalue weighted by molar-refractivity contribution is 6.23. The van der Waals surface area contributed by atoms with Crippen molar-refractivity contribution in [2.24, 2.45) is 5.41 Å². The number of fused-ring (bicyclic) bond motifs is 1. The molecule has 2 fully saturated rings. The number of hydrogen-bond acceptors (Lipinski definition) is 5. The number of aliphatic hydroxyl groups is 1. The lowest BCUT2D eigenvalue weighted by Crippen LogP contribution is -2.61. The fourth-order valence-electron chi connectivity index (χ4n) is 4.45. The van der Waals surface area contributed by atoms with Gasteiger partial charge in [-0.15, -0.1) is 0 Å². The fourth-order valence-corrected chi connectivity index (χ4v) is 4.45. The summed E-state index contributed by atoms with van der Waals surface area (Å²) >= 11 is 0. The van der Waals surface area contributed by atoms with Crippen molar-refractivity contribution in [1.82, 2.24) is 10.6 Å². The van der Waals surface area contributed by atoms with Crippen molar-refractivity contribution in [2.75, 3.05) is 36.4 Å². The SMILES string of the molecule is C[C@]12CNCC[C@H]1NC(=O)C(C(=O)Nc1ccc(N3CCCCC3)cc1)=C2O. The van der Waals surface area contributed by atoms with Gasteiger partial charge in [0, 0.05) is 37.1 Å². The summed E-state index contributed by atoms with van der Waals surface area (Å²) in [5.41, 5.74) is 0.881. The van der Waals surface area contributed by atoms with Gasteiger partial charge in [-0.1, -0.05) is 0 Å². The molecule has 3 aliphatic heterocycles. The molecule has 0 spiro atoms. The van der Waals surface area contributed by atoms with Gasteiger partial charge in [0.1, 0.15) is 11.3 Å². The number of nitrogens with one attached hydrogen (secondary N) is 3. The normalized spacial score (nSPS) is 27.8. The first-order valence-corrected chi connectivity index (χ1v) is 10.1. The number of nitrogens with zero attached hydrogens (tertiary/aromatic N) is 1. The Morgan fingerprint density at radius 1 is 1.21 bits per heavy atom. The van der Waals surface area contributed by atoms with E-state index >= 15 is 0 Å². The van der Waals surface area contributed by atoms with E-state index in [0.717, 1.165) is 31.7 Å². The van der Waals surface area contributed by atoms with Crippen LogP contribution < -0.4 is 20.9 Å². The van der Waals surface area contributed by atoms with Crippen molar-refractivity contribution < 1.29 is 14.7 Å². The minimum Gasteiger partial charge on any atom is -0.511 e. The summed E-state index contributed by atoms with van der Waals surface area (Å²) in [7, 11) is 0. The quantitative estimate of drug-likeness (QED) is 0.598. The molecule has 1 aromatic carbocycles. The molecule has 4 rings (SSSR count). The van der Waals surface area contributed by atoms with Crippen molar-refractivity contribution in [3.8, 4) is 0 Å². The van der Waals surface area contributed by atoms with E-state index in [4.69, 9.17) is 0 Å². The molecule has 2 saturated heterocycles. The zero-order chi connectivity index (χ0) is 19.7. The van der Waals surface area contributed by atoms with Crippen LogP contribution in [0.15, 0.2) is 35.6 Å². The first kappa shape index (κ1) is 18.8. The first-order valence-electron chi connectivity index (χ1n) is 10.1. The Balaban J connectivity index is 1.51. The van der Waals surface area contributed by atoms with Gasteiger partial charge in [0.25, 0.3) is 11.8 Å². The van der Waals surface area contributed by atoms with Gasteiger partial charge < -0.3 is 26.0 Å². The second-order valence-corrected chi connectivity index (χ2v) is 8.18. The van der Waals surface area contributed by atoms with Gasteiger partial charge in [-0.05, 0) is 63.4 Å². The topological polar surface area (TPSA) is 93.7 Å². The highest BCUT2D eigenvalue weighted by atomic mass is 16.3. The summed E-state index contributed by atoms with van der Waals surface area (Å²) in [6.07, 6.45) is 4.41. The zero-order valence-electron chi connectivity index (χ0n) is 16.3. The van der Waals surface area contributed by atoms with Gasteiger partial charge in [0.2, 0.25) is 0 Å². The van der Waals surface area contributed by atoms with Crippen LogP contribution in [0.1, 0.15) is 32.6 Å². The Hall–Kier alpha value is -2.54. The van der Waals surface area contributed by atoms with Gasteiger partial charge in [0.05, 0.1) is 5.41 Å². The van der Waals surface area contributed by atoms with E-state index in [0.29, 0.717) is 12.2 Å². The highest BCUT2D eigenvalue weighted by Gasteiger charge is 2.48. The van der Waals surface area contributed by atoms with Crippen LogP contribution in [0.4, 0.5) is 11.4 Å². The Kier molecular flexibility index (Phi) is 5.02. The molecule has 1 aromatic rings. The van der Waals surface area contributed by atoms with Crippen molar-refractivity contribution in [1.29, 1.82) is 0 Å². The standard InChI is InChI=1S/C21H28N4O3/c1-21-13-22-10-9-16(21)24-20(28)17(18(21)26)19(27)23-14-5-7-15(8-6-14)25-11-3-2-4-12-25/h5-8,16,22,26H,2-4,9-13H2,1H3,(H,23,27)(H,24,28)/t16-,21+/m1/s1.